The van der Waals surface area contributed by atoms with Crippen LogP contribution in [0.5, 0.6) is 0 Å². The summed E-state index contributed by atoms with van der Waals surface area (Å²) in [6.07, 6.45) is 0. The molecule has 0 atom stereocenters. The van der Waals surface area contributed by atoms with Crippen LogP contribution >= 0.6 is 12.4 Å². The first-order valence-corrected chi connectivity index (χ1v) is 1.30. The molecule has 0 saturated heterocycles. The molecule has 0 aromatic heterocycles. The molecule has 0 spiro atoms. The van der Waals surface area contributed by atoms with Crippen LogP contribution in [0.1, 0.15) is 6.92 Å². The average molecular weight is 113 g/mol. The zero-order valence-electron chi connectivity index (χ0n) is 3.51. The van der Waals surface area contributed by atoms with E-state index in [1.54, 1.807) is 0 Å². The molecule has 0 fully saturated rings. The molecule has 3 nitrogen and oxygen atoms in total. The normalized spacial score (nSPS) is 10.0. The zero-order chi connectivity index (χ0) is 4.50. The van der Waals surface area contributed by atoms with Crippen molar-refractivity contribution >= 4 is 12.4 Å². The molecule has 0 heterocycles. The van der Waals surface area contributed by atoms with Crippen molar-refractivity contribution in [2.24, 2.45) is 11.5 Å². The molecule has 0 bridgehead atoms. The molecule has 0 aromatic rings. The van der Waals surface area contributed by atoms with Crippen LogP contribution in [-0.2, 0) is 0 Å². The molecule has 0 radical (unpaired) electrons. The Balaban J connectivity index is 0. The maximum atomic E-state index is 8.08. The summed E-state index contributed by atoms with van der Waals surface area (Å²) >= 11 is 0. The van der Waals surface area contributed by atoms with Crippen LogP contribution < -0.4 is 11.5 Å². The summed E-state index contributed by atoms with van der Waals surface area (Å²) in [5.74, 6) is -1.50. The van der Waals surface area contributed by atoms with Crippen LogP contribution in [0.3, 0.4) is 0 Å². The Labute approximate surface area is 42.7 Å². The van der Waals surface area contributed by atoms with Gasteiger partial charge in [-0.15, -0.1) is 12.4 Å². The molecule has 40 valence electrons. The lowest BCUT2D eigenvalue weighted by Crippen LogP contribution is -2.45. The van der Waals surface area contributed by atoms with Gasteiger partial charge in [-0.1, -0.05) is 0 Å². The minimum Gasteiger partial charge on any atom is -0.364 e. The maximum absolute atomic E-state index is 8.08. The van der Waals surface area contributed by atoms with E-state index >= 15 is 0 Å². The fraction of sp³-hybridized carbons (Fsp3) is 1.00. The fourth-order valence-electron chi connectivity index (χ4n) is 0. The topological polar surface area (TPSA) is 72.3 Å². The summed E-state index contributed by atoms with van der Waals surface area (Å²) in [6.45, 7) is 1.30. The van der Waals surface area contributed by atoms with E-state index in [-0.39, 0.29) is 12.4 Å². The molecular formula is C2H9ClN2O. The minimum absolute atomic E-state index is 0. The van der Waals surface area contributed by atoms with Crippen LogP contribution in [0.4, 0.5) is 0 Å². The Morgan fingerprint density at radius 3 is 1.50 bits per heavy atom. The molecule has 6 heavy (non-hydrogen) atoms. The number of aliphatic hydroxyl groups is 1. The van der Waals surface area contributed by atoms with Crippen LogP contribution in [0.15, 0.2) is 0 Å². The van der Waals surface area contributed by atoms with Crippen molar-refractivity contribution in [2.75, 3.05) is 0 Å². The highest BCUT2D eigenvalue weighted by atomic mass is 35.5. The van der Waals surface area contributed by atoms with Crippen molar-refractivity contribution in [1.82, 2.24) is 0 Å². The van der Waals surface area contributed by atoms with Crippen LogP contribution in [0.2, 0.25) is 0 Å². The molecule has 4 heteroatoms. The predicted octanol–water partition coefficient (Wildman–Crippen LogP) is -1.01. The second-order valence-electron chi connectivity index (χ2n) is 1.23. The number of hydrogen-bond donors (Lipinski definition) is 3. The van der Waals surface area contributed by atoms with Gasteiger partial charge in [0.25, 0.3) is 0 Å². The molecule has 0 aliphatic heterocycles. The third kappa shape index (κ3) is 1450. The lowest BCUT2D eigenvalue weighted by molar-refractivity contribution is 0.0747. The number of nitrogens with two attached hydrogens (primary N) is 2. The van der Waals surface area contributed by atoms with E-state index in [2.05, 4.69) is 11.5 Å². The first kappa shape index (κ1) is 9.48. The SMILES string of the molecule is CC(N)(N)O.Cl. The molecule has 0 aliphatic rings. The van der Waals surface area contributed by atoms with Crippen molar-refractivity contribution in [2.45, 2.75) is 12.8 Å². The molecule has 5 N–H and O–H groups in total. The number of rotatable bonds is 0. The smallest absolute Gasteiger partial charge is 0.163 e. The zero-order valence-corrected chi connectivity index (χ0v) is 4.33. The Kier molecular flexibility index (Phi) is 3.73. The molecule has 0 amide bonds. The lowest BCUT2D eigenvalue weighted by atomic mass is 10.6. The van der Waals surface area contributed by atoms with Gasteiger partial charge in [0.15, 0.2) is 5.85 Å². The van der Waals surface area contributed by atoms with Gasteiger partial charge in [0, 0.05) is 0 Å². The van der Waals surface area contributed by atoms with E-state index in [1.807, 2.05) is 0 Å². The van der Waals surface area contributed by atoms with Gasteiger partial charge in [0.2, 0.25) is 0 Å². The van der Waals surface area contributed by atoms with Gasteiger partial charge in [-0.25, -0.2) is 0 Å². The van der Waals surface area contributed by atoms with E-state index in [9.17, 15) is 0 Å². The van der Waals surface area contributed by atoms with Gasteiger partial charge in [0.1, 0.15) is 0 Å². The summed E-state index contributed by atoms with van der Waals surface area (Å²) in [6, 6.07) is 0. The van der Waals surface area contributed by atoms with Gasteiger partial charge in [0.05, 0.1) is 0 Å². The summed E-state index contributed by atoms with van der Waals surface area (Å²) in [5.41, 5.74) is 9.38. The fourth-order valence-corrected chi connectivity index (χ4v) is 0. The van der Waals surface area contributed by atoms with Gasteiger partial charge in [-0.2, -0.15) is 0 Å². The van der Waals surface area contributed by atoms with Gasteiger partial charge in [-0.3, -0.25) is 11.5 Å². The molecule has 0 unspecified atom stereocenters. The second kappa shape index (κ2) is 2.36. The van der Waals surface area contributed by atoms with Gasteiger partial charge >= 0.3 is 0 Å². The summed E-state index contributed by atoms with van der Waals surface area (Å²) in [5, 5.41) is 8.08. The van der Waals surface area contributed by atoms with Crippen molar-refractivity contribution in [1.29, 1.82) is 0 Å². The quantitative estimate of drug-likeness (QED) is 0.352. The summed E-state index contributed by atoms with van der Waals surface area (Å²) < 4.78 is 0. The first-order chi connectivity index (χ1) is 2.00. The number of halogens is 1. The highest BCUT2D eigenvalue weighted by Gasteiger charge is 1.98. The Bertz CT molecular complexity index is 27.0. The van der Waals surface area contributed by atoms with E-state index in [0.29, 0.717) is 0 Å². The maximum Gasteiger partial charge on any atom is 0.163 e. The van der Waals surface area contributed by atoms with Crippen LogP contribution in [0.25, 0.3) is 0 Å². The molecule has 0 aliphatic carbocycles. The third-order valence-electron chi connectivity index (χ3n) is 0. The first-order valence-electron chi connectivity index (χ1n) is 1.30. The lowest BCUT2D eigenvalue weighted by Gasteiger charge is -2.05. The van der Waals surface area contributed by atoms with Crippen LogP contribution in [-0.4, -0.2) is 11.0 Å². The monoisotopic (exact) mass is 112 g/mol. The second-order valence-corrected chi connectivity index (χ2v) is 1.23. The van der Waals surface area contributed by atoms with Gasteiger partial charge in [-0.05, 0) is 6.92 Å². The van der Waals surface area contributed by atoms with E-state index in [1.165, 1.54) is 6.92 Å². The number of hydrogen-bond acceptors (Lipinski definition) is 3. The van der Waals surface area contributed by atoms with Crippen molar-refractivity contribution in [3.05, 3.63) is 0 Å². The Hall–Kier alpha value is 0.170. The van der Waals surface area contributed by atoms with E-state index in [0.717, 1.165) is 0 Å². The Morgan fingerprint density at radius 2 is 1.50 bits per heavy atom. The van der Waals surface area contributed by atoms with E-state index < -0.39 is 5.85 Å². The predicted molar refractivity (Wildman–Crippen MR) is 26.2 cm³/mol. The standard InChI is InChI=1S/C2H8N2O.ClH/c1-2(3,4)5;/h5H,3-4H2,1H3;1H. The molecule has 0 saturated carbocycles. The average Bonchev–Trinajstić information content (AvgIpc) is 0.722. The molecule has 0 aromatic carbocycles. The largest absolute Gasteiger partial charge is 0.364 e. The molecule has 0 rings (SSSR count). The van der Waals surface area contributed by atoms with Crippen LogP contribution in [0, 0.1) is 0 Å². The minimum atomic E-state index is -1.50. The summed E-state index contributed by atoms with van der Waals surface area (Å²) in [7, 11) is 0. The Morgan fingerprint density at radius 1 is 1.50 bits per heavy atom. The van der Waals surface area contributed by atoms with Gasteiger partial charge < -0.3 is 5.11 Å². The highest BCUT2D eigenvalue weighted by molar-refractivity contribution is 5.85. The summed E-state index contributed by atoms with van der Waals surface area (Å²) in [4.78, 5) is 0. The van der Waals surface area contributed by atoms with Crippen molar-refractivity contribution in [3.8, 4) is 0 Å². The third-order valence-corrected chi connectivity index (χ3v) is 0. The van der Waals surface area contributed by atoms with Crippen molar-refractivity contribution < 1.29 is 5.11 Å². The highest BCUT2D eigenvalue weighted by Crippen LogP contribution is 1.69. The van der Waals surface area contributed by atoms with E-state index in [4.69, 9.17) is 5.11 Å². The van der Waals surface area contributed by atoms with Crippen molar-refractivity contribution in [3.63, 3.8) is 0 Å². The molecular weight excluding hydrogens is 103 g/mol.